The van der Waals surface area contributed by atoms with Crippen molar-refractivity contribution in [3.05, 3.63) is 11.0 Å². The molecule has 0 unspecified atom stereocenters. The number of methoxy groups -OCH3 is 1. The van der Waals surface area contributed by atoms with Crippen LogP contribution < -0.4 is 4.74 Å². The molecule has 0 atom stereocenters. The van der Waals surface area contributed by atoms with E-state index in [0.29, 0.717) is 17.3 Å². The molecule has 0 spiro atoms. The van der Waals surface area contributed by atoms with Crippen LogP contribution in [0.5, 0.6) is 5.88 Å². The minimum atomic E-state index is 0.150. The van der Waals surface area contributed by atoms with E-state index in [1.54, 1.807) is 6.92 Å². The highest BCUT2D eigenvalue weighted by Crippen LogP contribution is 2.28. The van der Waals surface area contributed by atoms with E-state index in [-0.39, 0.29) is 5.28 Å². The van der Waals surface area contributed by atoms with Crippen molar-refractivity contribution < 1.29 is 4.74 Å². The molecule has 0 bridgehead atoms. The van der Waals surface area contributed by atoms with Gasteiger partial charge in [0.15, 0.2) is 0 Å². The molecule has 1 aromatic rings. The van der Waals surface area contributed by atoms with Gasteiger partial charge in [0.1, 0.15) is 5.69 Å². The van der Waals surface area contributed by atoms with Crippen LogP contribution >= 0.6 is 11.6 Å². The molecule has 0 aromatic carbocycles. The average molecular weight is 186 g/mol. The Labute approximate surface area is 75.3 Å². The maximum atomic E-state index is 5.59. The van der Waals surface area contributed by atoms with Crippen LogP contribution in [-0.4, -0.2) is 23.8 Å². The van der Waals surface area contributed by atoms with Gasteiger partial charge in [-0.1, -0.05) is 0 Å². The van der Waals surface area contributed by atoms with E-state index in [0.717, 1.165) is 0 Å². The summed E-state index contributed by atoms with van der Waals surface area (Å²) in [7, 11) is 1.49. The fourth-order valence-corrected chi connectivity index (χ4v) is 1.04. The van der Waals surface area contributed by atoms with E-state index in [2.05, 4.69) is 21.7 Å². The van der Waals surface area contributed by atoms with Crippen molar-refractivity contribution in [2.24, 2.45) is 4.99 Å². The Bertz CT molecular complexity index is 314. The second kappa shape index (κ2) is 3.49. The van der Waals surface area contributed by atoms with E-state index in [9.17, 15) is 0 Å². The van der Waals surface area contributed by atoms with Gasteiger partial charge in [-0.25, -0.2) is 4.98 Å². The van der Waals surface area contributed by atoms with Crippen LogP contribution in [0.2, 0.25) is 5.28 Å². The second-order valence-corrected chi connectivity index (χ2v) is 2.43. The number of halogens is 1. The molecule has 0 amide bonds. The molecule has 1 aromatic heterocycles. The van der Waals surface area contributed by atoms with Crippen molar-refractivity contribution in [2.45, 2.75) is 6.92 Å². The zero-order valence-electron chi connectivity index (χ0n) is 6.83. The largest absolute Gasteiger partial charge is 0.479 e. The standard InChI is InChI=1S/C7H8ClN3O/c1-4-5(9-2)6(12-3)11-7(8)10-4/h2H2,1,3H3. The predicted molar refractivity (Wildman–Crippen MR) is 47.5 cm³/mol. The third kappa shape index (κ3) is 1.53. The highest BCUT2D eigenvalue weighted by molar-refractivity contribution is 6.28. The third-order valence-corrected chi connectivity index (χ3v) is 1.52. The molecule has 1 heterocycles. The van der Waals surface area contributed by atoms with Gasteiger partial charge in [-0.05, 0) is 25.2 Å². The second-order valence-electron chi connectivity index (χ2n) is 2.09. The number of aryl methyl sites for hydroxylation is 1. The Morgan fingerprint density at radius 2 is 2.17 bits per heavy atom. The smallest absolute Gasteiger partial charge is 0.244 e. The Balaban J connectivity index is 3.33. The molecular weight excluding hydrogens is 178 g/mol. The van der Waals surface area contributed by atoms with Crippen molar-refractivity contribution in [2.75, 3.05) is 7.11 Å². The maximum Gasteiger partial charge on any atom is 0.244 e. The lowest BCUT2D eigenvalue weighted by molar-refractivity contribution is 0.398. The lowest BCUT2D eigenvalue weighted by Crippen LogP contribution is -1.93. The van der Waals surface area contributed by atoms with E-state index in [1.165, 1.54) is 7.11 Å². The number of aromatic nitrogens is 2. The average Bonchev–Trinajstić information content (AvgIpc) is 2.03. The SMILES string of the molecule is C=Nc1c(C)nc(Cl)nc1OC. The molecular formula is C7H8ClN3O. The molecule has 0 fully saturated rings. The van der Waals surface area contributed by atoms with Gasteiger partial charge in [0, 0.05) is 0 Å². The summed E-state index contributed by atoms with van der Waals surface area (Å²) in [6.07, 6.45) is 0. The molecule has 1 rings (SSSR count). The molecule has 12 heavy (non-hydrogen) atoms. The number of hydrogen-bond acceptors (Lipinski definition) is 4. The first-order valence-corrected chi connectivity index (χ1v) is 3.61. The summed E-state index contributed by atoms with van der Waals surface area (Å²) in [5.74, 6) is 0.350. The third-order valence-electron chi connectivity index (χ3n) is 1.35. The van der Waals surface area contributed by atoms with Crippen LogP contribution in [0.15, 0.2) is 4.99 Å². The first-order chi connectivity index (χ1) is 5.69. The van der Waals surface area contributed by atoms with Crippen molar-refractivity contribution in [1.29, 1.82) is 0 Å². The van der Waals surface area contributed by atoms with Crippen LogP contribution in [0.4, 0.5) is 5.69 Å². The molecule has 0 saturated carbocycles. The minimum Gasteiger partial charge on any atom is -0.479 e. The summed E-state index contributed by atoms with van der Waals surface area (Å²) in [6.45, 7) is 5.14. The van der Waals surface area contributed by atoms with E-state index >= 15 is 0 Å². The fraction of sp³-hybridized carbons (Fsp3) is 0.286. The highest BCUT2D eigenvalue weighted by atomic mass is 35.5. The zero-order chi connectivity index (χ0) is 9.14. The lowest BCUT2D eigenvalue weighted by atomic mass is 10.4. The molecule has 0 saturated heterocycles. The quantitative estimate of drug-likeness (QED) is 0.521. The summed E-state index contributed by atoms with van der Waals surface area (Å²) < 4.78 is 4.93. The van der Waals surface area contributed by atoms with Gasteiger partial charge in [-0.2, -0.15) is 4.98 Å². The molecule has 64 valence electrons. The Hall–Kier alpha value is -1.16. The van der Waals surface area contributed by atoms with Gasteiger partial charge < -0.3 is 4.74 Å². The summed E-state index contributed by atoms with van der Waals surface area (Å²) in [5, 5.41) is 0.150. The summed E-state index contributed by atoms with van der Waals surface area (Å²) in [5.41, 5.74) is 1.18. The van der Waals surface area contributed by atoms with Gasteiger partial charge >= 0.3 is 0 Å². The molecule has 0 aliphatic carbocycles. The van der Waals surface area contributed by atoms with Gasteiger partial charge in [-0.15, -0.1) is 0 Å². The van der Waals surface area contributed by atoms with Gasteiger partial charge in [0.2, 0.25) is 11.2 Å². The molecule has 4 nitrogen and oxygen atoms in total. The Morgan fingerprint density at radius 3 is 2.67 bits per heavy atom. The van der Waals surface area contributed by atoms with E-state index < -0.39 is 0 Å². The summed E-state index contributed by atoms with van der Waals surface area (Å²) in [4.78, 5) is 11.4. The van der Waals surface area contributed by atoms with Crippen molar-refractivity contribution >= 4 is 24.0 Å². The van der Waals surface area contributed by atoms with Crippen molar-refractivity contribution in [3.63, 3.8) is 0 Å². The van der Waals surface area contributed by atoms with Crippen LogP contribution in [0.25, 0.3) is 0 Å². The van der Waals surface area contributed by atoms with Crippen molar-refractivity contribution in [3.8, 4) is 5.88 Å². The number of aliphatic imine (C=N–C) groups is 1. The number of nitrogens with zero attached hydrogens (tertiary/aromatic N) is 3. The number of ether oxygens (including phenoxy) is 1. The molecule has 5 heteroatoms. The van der Waals surface area contributed by atoms with Crippen LogP contribution in [0.1, 0.15) is 5.69 Å². The molecule has 0 aliphatic rings. The van der Waals surface area contributed by atoms with E-state index in [1.807, 2.05) is 0 Å². The summed E-state index contributed by atoms with van der Waals surface area (Å²) in [6, 6.07) is 0. The first-order valence-electron chi connectivity index (χ1n) is 3.24. The number of hydrogen-bond donors (Lipinski definition) is 0. The molecule has 0 N–H and O–H groups in total. The Kier molecular flexibility index (Phi) is 2.60. The first kappa shape index (κ1) is 8.93. The van der Waals surface area contributed by atoms with Crippen LogP contribution in [0, 0.1) is 6.92 Å². The summed E-state index contributed by atoms with van der Waals surface area (Å²) >= 11 is 5.59. The van der Waals surface area contributed by atoms with Crippen LogP contribution in [0.3, 0.4) is 0 Å². The van der Waals surface area contributed by atoms with Gasteiger partial charge in [-0.3, -0.25) is 4.99 Å². The lowest BCUT2D eigenvalue weighted by Gasteiger charge is -2.04. The molecule has 0 aliphatic heterocycles. The topological polar surface area (TPSA) is 47.4 Å². The molecule has 0 radical (unpaired) electrons. The highest BCUT2D eigenvalue weighted by Gasteiger charge is 2.08. The van der Waals surface area contributed by atoms with Crippen LogP contribution in [-0.2, 0) is 0 Å². The maximum absolute atomic E-state index is 5.59. The normalized spacial score (nSPS) is 9.58. The minimum absolute atomic E-state index is 0.150. The predicted octanol–water partition coefficient (Wildman–Crippen LogP) is 1.78. The number of rotatable bonds is 2. The van der Waals surface area contributed by atoms with Gasteiger partial charge in [0.25, 0.3) is 0 Å². The van der Waals surface area contributed by atoms with Gasteiger partial charge in [0.05, 0.1) is 12.8 Å². The van der Waals surface area contributed by atoms with E-state index in [4.69, 9.17) is 16.3 Å². The zero-order valence-corrected chi connectivity index (χ0v) is 7.59. The Morgan fingerprint density at radius 1 is 1.50 bits per heavy atom. The fourth-order valence-electron chi connectivity index (χ4n) is 0.832. The monoisotopic (exact) mass is 185 g/mol. The van der Waals surface area contributed by atoms with Crippen molar-refractivity contribution in [1.82, 2.24) is 9.97 Å².